The number of para-hydroxylation sites is 1. The van der Waals surface area contributed by atoms with Gasteiger partial charge in [0.2, 0.25) is 0 Å². The molecule has 0 spiro atoms. The van der Waals surface area contributed by atoms with Gasteiger partial charge >= 0.3 is 5.97 Å². The number of benzene rings is 1. The fourth-order valence-electron chi connectivity index (χ4n) is 2.06. The first-order valence-electron chi connectivity index (χ1n) is 7.19. The van der Waals surface area contributed by atoms with E-state index in [0.29, 0.717) is 11.4 Å². The molecule has 9 heteroatoms. The first kappa shape index (κ1) is 18.8. The quantitative estimate of drug-likeness (QED) is 0.613. The van der Waals surface area contributed by atoms with Crippen molar-refractivity contribution in [2.24, 2.45) is 7.05 Å². The van der Waals surface area contributed by atoms with Crippen LogP contribution in [0.1, 0.15) is 16.1 Å². The summed E-state index contributed by atoms with van der Waals surface area (Å²) < 4.78 is 6.37. The molecule has 0 bridgehead atoms. The zero-order valence-corrected chi connectivity index (χ0v) is 15.1. The molecule has 0 aliphatic rings. The van der Waals surface area contributed by atoms with Gasteiger partial charge in [-0.1, -0.05) is 23.7 Å². The van der Waals surface area contributed by atoms with Crippen LogP contribution < -0.4 is 5.32 Å². The lowest BCUT2D eigenvalue weighted by Crippen LogP contribution is -2.21. The molecule has 25 heavy (non-hydrogen) atoms. The highest BCUT2D eigenvalue weighted by Gasteiger charge is 2.21. The Morgan fingerprint density at radius 2 is 2.16 bits per heavy atom. The Hall–Kier alpha value is -2.50. The second-order valence-electron chi connectivity index (χ2n) is 4.94. The highest BCUT2D eigenvalue weighted by Crippen LogP contribution is 2.26. The summed E-state index contributed by atoms with van der Waals surface area (Å²) >= 11 is 7.30. The lowest BCUT2D eigenvalue weighted by atomic mass is 10.3. The number of nitrogens with one attached hydrogen (secondary N) is 1. The minimum Gasteiger partial charge on any atom is -0.452 e. The van der Waals surface area contributed by atoms with Gasteiger partial charge in [-0.3, -0.25) is 9.48 Å². The van der Waals surface area contributed by atoms with Crippen molar-refractivity contribution in [2.45, 2.75) is 11.8 Å². The van der Waals surface area contributed by atoms with Crippen LogP contribution in [0.3, 0.4) is 0 Å². The third-order valence-corrected chi connectivity index (χ3v) is 4.52. The van der Waals surface area contributed by atoms with E-state index in [2.05, 4.69) is 10.4 Å². The molecule has 0 saturated heterocycles. The Kier molecular flexibility index (Phi) is 6.44. The number of hydrogen-bond donors (Lipinski definition) is 1. The summed E-state index contributed by atoms with van der Waals surface area (Å²) in [4.78, 5) is 24.9. The Morgan fingerprint density at radius 3 is 2.80 bits per heavy atom. The first-order valence-corrected chi connectivity index (χ1v) is 8.55. The van der Waals surface area contributed by atoms with E-state index >= 15 is 0 Å². The summed E-state index contributed by atoms with van der Waals surface area (Å²) in [5, 5.41) is 15.5. The van der Waals surface area contributed by atoms with Crippen LogP contribution >= 0.6 is 23.4 Å². The fourth-order valence-corrected chi connectivity index (χ4v) is 2.98. The minimum atomic E-state index is -0.710. The number of thioether (sulfide) groups is 1. The van der Waals surface area contributed by atoms with Gasteiger partial charge in [0.05, 0.1) is 23.2 Å². The van der Waals surface area contributed by atoms with Crippen molar-refractivity contribution in [1.29, 1.82) is 5.26 Å². The average molecular weight is 379 g/mol. The number of rotatable bonds is 6. The summed E-state index contributed by atoms with van der Waals surface area (Å²) in [6.07, 6.45) is 0. The number of ether oxygens (including phenoxy) is 1. The predicted octanol–water partition coefficient (Wildman–Crippen LogP) is 2.79. The molecule has 0 unspecified atom stereocenters. The lowest BCUT2D eigenvalue weighted by Gasteiger charge is -2.10. The number of carbonyl (C=O) groups is 2. The molecular formula is C16H15ClN4O3S. The van der Waals surface area contributed by atoms with Crippen molar-refractivity contribution in [1.82, 2.24) is 9.78 Å². The minimum absolute atomic E-state index is 0.141. The maximum Gasteiger partial charge on any atom is 0.343 e. The molecule has 1 N–H and O–H groups in total. The molecule has 1 amide bonds. The van der Waals surface area contributed by atoms with Gasteiger partial charge < -0.3 is 10.1 Å². The molecular weight excluding hydrogens is 364 g/mol. The highest BCUT2D eigenvalue weighted by atomic mass is 35.5. The highest BCUT2D eigenvalue weighted by molar-refractivity contribution is 7.99. The topological polar surface area (TPSA) is 97.0 Å². The number of hydrogen-bond acceptors (Lipinski definition) is 6. The molecule has 1 heterocycles. The molecule has 7 nitrogen and oxygen atoms in total. The second-order valence-corrected chi connectivity index (χ2v) is 6.32. The van der Waals surface area contributed by atoms with E-state index in [1.165, 1.54) is 16.4 Å². The van der Waals surface area contributed by atoms with Crippen molar-refractivity contribution in [3.05, 3.63) is 40.7 Å². The number of aromatic nitrogens is 2. The monoisotopic (exact) mass is 378 g/mol. The van der Waals surface area contributed by atoms with Gasteiger partial charge in [-0.15, -0.1) is 11.8 Å². The number of halogens is 1. The number of anilines is 1. The normalized spacial score (nSPS) is 10.2. The van der Waals surface area contributed by atoms with Crippen molar-refractivity contribution in [2.75, 3.05) is 17.7 Å². The summed E-state index contributed by atoms with van der Waals surface area (Å²) in [7, 11) is 1.61. The van der Waals surface area contributed by atoms with Crippen LogP contribution in [0.4, 0.5) is 5.69 Å². The Bertz CT molecular complexity index is 844. The van der Waals surface area contributed by atoms with Crippen molar-refractivity contribution < 1.29 is 14.3 Å². The summed E-state index contributed by atoms with van der Waals surface area (Å²) in [5.41, 5.74) is 1.12. The van der Waals surface area contributed by atoms with Crippen LogP contribution in [0.2, 0.25) is 5.15 Å². The molecule has 130 valence electrons. The molecule has 0 fully saturated rings. The Labute approximate surface area is 153 Å². The summed E-state index contributed by atoms with van der Waals surface area (Å²) in [6, 6.07) is 9.10. The second kappa shape index (κ2) is 8.55. The van der Waals surface area contributed by atoms with E-state index < -0.39 is 18.5 Å². The van der Waals surface area contributed by atoms with Gasteiger partial charge in [0, 0.05) is 11.9 Å². The van der Waals surface area contributed by atoms with Crippen LogP contribution in [-0.2, 0) is 16.6 Å². The maximum atomic E-state index is 12.1. The first-order chi connectivity index (χ1) is 11.9. The smallest absolute Gasteiger partial charge is 0.343 e. The molecule has 2 aromatic rings. The van der Waals surface area contributed by atoms with Crippen molar-refractivity contribution >= 4 is 40.9 Å². The third kappa shape index (κ3) is 4.75. The number of amides is 1. The van der Waals surface area contributed by atoms with Gasteiger partial charge in [-0.25, -0.2) is 4.79 Å². The maximum absolute atomic E-state index is 12.1. The zero-order valence-electron chi connectivity index (χ0n) is 13.6. The van der Waals surface area contributed by atoms with Gasteiger partial charge in [0.1, 0.15) is 10.7 Å². The molecule has 1 aromatic heterocycles. The van der Waals surface area contributed by atoms with Gasteiger partial charge in [0.25, 0.3) is 5.91 Å². The lowest BCUT2D eigenvalue weighted by molar-refractivity contribution is -0.119. The molecule has 0 aliphatic heterocycles. The Morgan fingerprint density at radius 1 is 1.44 bits per heavy atom. The standard InChI is InChI=1S/C16H15ClN4O3S/c1-10-14(15(17)21(2)20-10)16(23)24-9-13(22)19-11-5-3-4-6-12(11)25-8-7-18/h3-6H,8-9H2,1-2H3,(H,19,22). The van der Waals surface area contributed by atoms with E-state index in [9.17, 15) is 9.59 Å². The SMILES string of the molecule is Cc1nn(C)c(Cl)c1C(=O)OCC(=O)Nc1ccccc1SCC#N. The number of nitriles is 1. The van der Waals surface area contributed by atoms with E-state index in [4.69, 9.17) is 21.6 Å². The Balaban J connectivity index is 1.97. The van der Waals surface area contributed by atoms with E-state index in [0.717, 1.165) is 4.90 Å². The molecule has 0 atom stereocenters. The van der Waals surface area contributed by atoms with E-state index in [1.54, 1.807) is 32.2 Å². The third-order valence-electron chi connectivity index (χ3n) is 3.14. The molecule has 0 aliphatic carbocycles. The van der Waals surface area contributed by atoms with Crippen LogP contribution in [0.5, 0.6) is 0 Å². The van der Waals surface area contributed by atoms with Crippen LogP contribution in [0, 0.1) is 18.3 Å². The number of aryl methyl sites for hydroxylation is 2. The van der Waals surface area contributed by atoms with E-state index in [1.807, 2.05) is 12.1 Å². The van der Waals surface area contributed by atoms with Crippen LogP contribution in [-0.4, -0.2) is 34.0 Å². The van der Waals surface area contributed by atoms with Gasteiger partial charge in [-0.2, -0.15) is 10.4 Å². The number of esters is 1. The predicted molar refractivity (Wildman–Crippen MR) is 94.6 cm³/mol. The fraction of sp³-hybridized carbons (Fsp3) is 0.250. The molecule has 2 rings (SSSR count). The average Bonchev–Trinajstić information content (AvgIpc) is 2.84. The van der Waals surface area contributed by atoms with Crippen LogP contribution in [0.15, 0.2) is 29.2 Å². The van der Waals surface area contributed by atoms with Gasteiger partial charge in [-0.05, 0) is 19.1 Å². The van der Waals surface area contributed by atoms with Crippen LogP contribution in [0.25, 0.3) is 0 Å². The summed E-state index contributed by atoms with van der Waals surface area (Å²) in [6.45, 7) is 1.17. The van der Waals surface area contributed by atoms with Crippen molar-refractivity contribution in [3.63, 3.8) is 0 Å². The molecule has 0 saturated carbocycles. The largest absolute Gasteiger partial charge is 0.452 e. The number of carbonyl (C=O) groups excluding carboxylic acids is 2. The molecule has 1 aromatic carbocycles. The molecule has 0 radical (unpaired) electrons. The van der Waals surface area contributed by atoms with Crippen molar-refractivity contribution in [3.8, 4) is 6.07 Å². The van der Waals surface area contributed by atoms with Gasteiger partial charge in [0.15, 0.2) is 6.61 Å². The summed E-state index contributed by atoms with van der Waals surface area (Å²) in [5.74, 6) is -0.936. The zero-order chi connectivity index (χ0) is 18.4. The van der Waals surface area contributed by atoms with E-state index in [-0.39, 0.29) is 16.5 Å². The number of nitrogens with zero attached hydrogens (tertiary/aromatic N) is 3.